The zero-order valence-corrected chi connectivity index (χ0v) is 18.1. The van der Waals surface area contributed by atoms with E-state index in [9.17, 15) is 18.3 Å². The monoisotopic (exact) mass is 480 g/mol. The number of nitrogens with one attached hydrogen (secondary N) is 1. The van der Waals surface area contributed by atoms with E-state index in [1.54, 1.807) is 0 Å². The number of para-hydroxylation sites is 1. The van der Waals surface area contributed by atoms with Crippen LogP contribution in [0.15, 0.2) is 77.2 Å². The van der Waals surface area contributed by atoms with E-state index in [2.05, 4.69) is 26.3 Å². The van der Waals surface area contributed by atoms with Crippen LogP contribution < -0.4 is 10.4 Å². The summed E-state index contributed by atoms with van der Waals surface area (Å²) in [6, 6.07) is 18.0. The Balaban J connectivity index is 0.000000364. The third-order valence-electron chi connectivity index (χ3n) is 5.29. The van der Waals surface area contributed by atoms with Crippen molar-refractivity contribution < 1.29 is 28.2 Å². The molecule has 10 heteroatoms. The normalized spacial score (nSPS) is 13.0. The largest absolute Gasteiger partial charge is 0.494 e. The summed E-state index contributed by atoms with van der Waals surface area (Å²) in [5.74, 6) is -2.58. The molecule has 0 bridgehead atoms. The lowest BCUT2D eigenvalue weighted by molar-refractivity contribution is -0.192. The van der Waals surface area contributed by atoms with Crippen LogP contribution in [0.4, 0.5) is 18.9 Å². The second-order valence-electron chi connectivity index (χ2n) is 7.66. The summed E-state index contributed by atoms with van der Waals surface area (Å²) in [4.78, 5) is 16.0. The number of alkyl halides is 3. The lowest BCUT2D eigenvalue weighted by atomic mass is 10.1. The summed E-state index contributed by atoms with van der Waals surface area (Å²) >= 11 is 0. The van der Waals surface area contributed by atoms with Gasteiger partial charge in [0, 0.05) is 34.1 Å². The molecule has 0 unspecified atom stereocenters. The summed E-state index contributed by atoms with van der Waals surface area (Å²) in [7, 11) is 0. The van der Waals surface area contributed by atoms with Gasteiger partial charge >= 0.3 is 12.1 Å². The molecule has 178 valence electrons. The lowest BCUT2D eigenvalue weighted by Gasteiger charge is -1.99. The van der Waals surface area contributed by atoms with E-state index in [4.69, 9.17) is 9.90 Å². The first-order valence-corrected chi connectivity index (χ1v) is 10.5. The molecule has 0 aliphatic carbocycles. The molecular formula is C25H19F3N4O3. The van der Waals surface area contributed by atoms with Crippen LogP contribution in [0, 0.1) is 0 Å². The zero-order valence-electron chi connectivity index (χ0n) is 18.1. The predicted molar refractivity (Wildman–Crippen MR) is 123 cm³/mol. The van der Waals surface area contributed by atoms with E-state index in [1.807, 2.05) is 67.0 Å². The van der Waals surface area contributed by atoms with E-state index in [0.717, 1.165) is 51.1 Å². The standard InChI is InChI=1S/C23H18N4O.C2HF3O2/c28-23-19(17-3-1-2-4-20(17)25-23)13-16-5-7-18-21(26-27-22(18)14-16)8-6-15-9-11-24-12-10-15;3-2(4,5)1(6)7/h1-5,7,9-14,25,28H,6,8H2;(H,6,7). The molecule has 1 aliphatic heterocycles. The van der Waals surface area contributed by atoms with Gasteiger partial charge in [-0.1, -0.05) is 30.3 Å². The molecule has 0 amide bonds. The van der Waals surface area contributed by atoms with Crippen LogP contribution in [0.2, 0.25) is 0 Å². The molecule has 3 N–H and O–H groups in total. The Bertz CT molecular complexity index is 1530. The van der Waals surface area contributed by atoms with E-state index in [0.29, 0.717) is 0 Å². The van der Waals surface area contributed by atoms with Gasteiger partial charge in [-0.05, 0) is 54.0 Å². The number of pyridine rings is 1. The van der Waals surface area contributed by atoms with Crippen LogP contribution in [-0.2, 0) is 11.2 Å². The summed E-state index contributed by atoms with van der Waals surface area (Å²) in [5, 5.41) is 29.2. The number of aromatic hydroxyl groups is 1. The van der Waals surface area contributed by atoms with Gasteiger partial charge in [0.25, 0.3) is 0 Å². The van der Waals surface area contributed by atoms with Crippen molar-refractivity contribution in [3.8, 4) is 5.88 Å². The number of hydrogen-bond acceptors (Lipinski definition) is 5. The summed E-state index contributed by atoms with van der Waals surface area (Å²) in [5.41, 5.74) is 4.82. The molecule has 0 fully saturated rings. The number of benzene rings is 2. The van der Waals surface area contributed by atoms with Crippen molar-refractivity contribution in [2.75, 3.05) is 0 Å². The van der Waals surface area contributed by atoms with Crippen molar-refractivity contribution in [1.29, 1.82) is 0 Å². The number of aromatic nitrogens is 2. The first-order chi connectivity index (χ1) is 16.7. The molecule has 0 atom stereocenters. The number of carboxylic acid groups (broad SMARTS) is 1. The van der Waals surface area contributed by atoms with Crippen LogP contribution in [0.25, 0.3) is 22.7 Å². The Kier molecular flexibility index (Phi) is 6.63. The zero-order chi connectivity index (χ0) is 25.0. The average Bonchev–Trinajstić information content (AvgIpc) is 3.38. The van der Waals surface area contributed by atoms with Crippen molar-refractivity contribution in [2.45, 2.75) is 19.0 Å². The maximum Gasteiger partial charge on any atom is 0.490 e. The van der Waals surface area contributed by atoms with Gasteiger partial charge < -0.3 is 15.2 Å². The topological polar surface area (TPSA) is 111 Å². The van der Waals surface area contributed by atoms with Crippen LogP contribution >= 0.6 is 0 Å². The molecule has 35 heavy (non-hydrogen) atoms. The minimum absolute atomic E-state index is 0.174. The molecule has 1 aliphatic rings. The molecule has 7 nitrogen and oxygen atoms in total. The minimum atomic E-state index is -5.08. The smallest absolute Gasteiger partial charge is 0.490 e. The van der Waals surface area contributed by atoms with Crippen molar-refractivity contribution in [1.82, 2.24) is 9.97 Å². The highest BCUT2D eigenvalue weighted by atomic mass is 19.4. The maximum atomic E-state index is 10.6. The highest BCUT2D eigenvalue weighted by Gasteiger charge is 2.38. The van der Waals surface area contributed by atoms with E-state index < -0.39 is 12.1 Å². The third-order valence-corrected chi connectivity index (χ3v) is 5.29. The second kappa shape index (κ2) is 9.80. The fraction of sp³-hybridized carbons (Fsp3) is 0.120. The van der Waals surface area contributed by atoms with Gasteiger partial charge in [-0.15, -0.1) is 0 Å². The van der Waals surface area contributed by atoms with Crippen molar-refractivity contribution in [3.63, 3.8) is 0 Å². The van der Waals surface area contributed by atoms with Gasteiger partial charge in [0.15, 0.2) is 5.88 Å². The van der Waals surface area contributed by atoms with E-state index >= 15 is 0 Å². The van der Waals surface area contributed by atoms with Gasteiger partial charge in [-0.25, -0.2) is 4.79 Å². The molecular weight excluding hydrogens is 461 g/mol. The number of halogens is 3. The van der Waals surface area contributed by atoms with E-state index in [-0.39, 0.29) is 5.88 Å². The minimum Gasteiger partial charge on any atom is -0.494 e. The number of azo groups is 1. The summed E-state index contributed by atoms with van der Waals surface area (Å²) in [6.45, 7) is 0. The number of hydrogen-bond donors (Lipinski definition) is 3. The number of rotatable bonds is 4. The van der Waals surface area contributed by atoms with Crippen LogP contribution in [0.3, 0.4) is 0 Å². The number of nitrogens with zero attached hydrogens (tertiary/aromatic N) is 3. The number of carboxylic acids is 1. The number of aryl methyl sites for hydroxylation is 1. The summed E-state index contributed by atoms with van der Waals surface area (Å²) < 4.78 is 31.7. The Morgan fingerprint density at radius 1 is 1.00 bits per heavy atom. The molecule has 0 radical (unpaired) electrons. The molecule has 3 heterocycles. The van der Waals surface area contributed by atoms with Gasteiger partial charge in [0.05, 0.1) is 11.4 Å². The van der Waals surface area contributed by atoms with Gasteiger partial charge in [0.1, 0.15) is 0 Å². The number of H-pyrrole nitrogens is 1. The van der Waals surface area contributed by atoms with Gasteiger partial charge in [-0.2, -0.15) is 23.4 Å². The summed E-state index contributed by atoms with van der Waals surface area (Å²) in [6.07, 6.45) is 2.26. The van der Waals surface area contributed by atoms with Gasteiger partial charge in [-0.3, -0.25) is 4.98 Å². The van der Waals surface area contributed by atoms with Gasteiger partial charge in [0.2, 0.25) is 0 Å². The van der Waals surface area contributed by atoms with Crippen LogP contribution in [0.1, 0.15) is 17.5 Å². The molecule has 0 saturated carbocycles. The molecule has 2 aromatic heterocycles. The number of aromatic amines is 1. The number of carbonyl (C=O) groups is 1. The average molecular weight is 480 g/mol. The molecule has 2 aromatic carbocycles. The van der Waals surface area contributed by atoms with Crippen molar-refractivity contribution >= 4 is 34.3 Å². The first kappa shape index (κ1) is 23.7. The van der Waals surface area contributed by atoms with Crippen molar-refractivity contribution in [2.24, 2.45) is 10.2 Å². The predicted octanol–water partition coefficient (Wildman–Crippen LogP) is 4.57. The Morgan fingerprint density at radius 3 is 2.43 bits per heavy atom. The molecule has 0 saturated heterocycles. The fourth-order valence-corrected chi connectivity index (χ4v) is 3.59. The molecule has 5 rings (SSSR count). The SMILES string of the molecule is O=C(O)C(F)(F)F.Oc1[nH]c2ccccc2c1C=c1ccc2c(c1)N=NC=2CCc1ccncc1. The maximum absolute atomic E-state index is 10.6. The lowest BCUT2D eigenvalue weighted by Crippen LogP contribution is -2.21. The van der Waals surface area contributed by atoms with Crippen LogP contribution in [0.5, 0.6) is 5.88 Å². The Labute approximate surface area is 196 Å². The number of aliphatic carboxylic acids is 1. The fourth-order valence-electron chi connectivity index (χ4n) is 3.59. The van der Waals surface area contributed by atoms with E-state index in [1.165, 1.54) is 5.56 Å². The number of fused-ring (bicyclic) bond motifs is 2. The highest BCUT2D eigenvalue weighted by Crippen LogP contribution is 2.27. The highest BCUT2D eigenvalue weighted by molar-refractivity contribution is 5.91. The Morgan fingerprint density at radius 2 is 1.71 bits per heavy atom. The quantitative estimate of drug-likeness (QED) is 0.397. The molecule has 0 spiro atoms. The van der Waals surface area contributed by atoms with Crippen LogP contribution in [-0.4, -0.2) is 32.3 Å². The third kappa shape index (κ3) is 5.55. The first-order valence-electron chi connectivity index (χ1n) is 10.5. The Hall–Kier alpha value is -4.47. The van der Waals surface area contributed by atoms with Crippen molar-refractivity contribution in [3.05, 3.63) is 88.6 Å². The molecule has 4 aromatic rings. The second-order valence-corrected chi connectivity index (χ2v) is 7.66.